The molecule has 6 nitrogen and oxygen atoms in total. The lowest BCUT2D eigenvalue weighted by Gasteiger charge is -2.22. The van der Waals surface area contributed by atoms with Crippen LogP contribution >= 0.6 is 0 Å². The van der Waals surface area contributed by atoms with Gasteiger partial charge in [0, 0.05) is 11.2 Å². The van der Waals surface area contributed by atoms with Crippen LogP contribution in [0.1, 0.15) is 31.4 Å². The number of hydrogen-bond donors (Lipinski definition) is 3. The Hall–Kier alpha value is -1.60. The second kappa shape index (κ2) is 6.26. The van der Waals surface area contributed by atoms with Crippen LogP contribution in [0.5, 0.6) is 0 Å². The molecule has 22 heavy (non-hydrogen) atoms. The fraction of sp³-hybridized carbons (Fsp3) is 0.533. The van der Waals surface area contributed by atoms with Crippen LogP contribution in [0.4, 0.5) is 5.69 Å². The molecule has 122 valence electrons. The predicted octanol–water partition coefficient (Wildman–Crippen LogP) is 1.23. The Kier molecular flexibility index (Phi) is 4.77. The van der Waals surface area contributed by atoms with E-state index in [9.17, 15) is 8.42 Å². The van der Waals surface area contributed by atoms with Gasteiger partial charge in [-0.15, -0.1) is 0 Å². The fourth-order valence-electron chi connectivity index (χ4n) is 2.65. The van der Waals surface area contributed by atoms with Gasteiger partial charge < -0.3 is 11.1 Å². The van der Waals surface area contributed by atoms with Gasteiger partial charge in [0.05, 0.1) is 12.8 Å². The van der Waals surface area contributed by atoms with Gasteiger partial charge >= 0.3 is 0 Å². The highest BCUT2D eigenvalue weighted by Crippen LogP contribution is 2.24. The summed E-state index contributed by atoms with van der Waals surface area (Å²) in [6.07, 6.45) is 4.58. The third kappa shape index (κ3) is 4.99. The molecule has 0 saturated heterocycles. The molecule has 1 aromatic carbocycles. The molecule has 0 amide bonds. The first kappa shape index (κ1) is 16.8. The molecule has 1 aliphatic carbocycles. The van der Waals surface area contributed by atoms with Gasteiger partial charge in [-0.25, -0.2) is 13.1 Å². The number of nitrogens with two attached hydrogens (primary N) is 1. The lowest BCUT2D eigenvalue weighted by atomic mass is 10.1. The number of fused-ring (bicyclic) bond motifs is 1. The molecule has 0 heterocycles. The summed E-state index contributed by atoms with van der Waals surface area (Å²) in [5.74, 6) is 0.279. The zero-order valence-electron chi connectivity index (χ0n) is 13.3. The van der Waals surface area contributed by atoms with E-state index >= 15 is 0 Å². The first-order valence-electron chi connectivity index (χ1n) is 7.32. The Labute approximate surface area is 132 Å². The summed E-state index contributed by atoms with van der Waals surface area (Å²) in [7, 11) is -3.28. The second-order valence-electron chi connectivity index (χ2n) is 6.42. The van der Waals surface area contributed by atoms with Crippen LogP contribution in [0.15, 0.2) is 23.2 Å². The summed E-state index contributed by atoms with van der Waals surface area (Å²) >= 11 is 0. The minimum Gasteiger partial charge on any atom is -0.370 e. The average Bonchev–Trinajstić information content (AvgIpc) is 2.81. The number of nitrogens with zero attached hydrogens (tertiary/aromatic N) is 1. The zero-order chi connectivity index (χ0) is 16.4. The van der Waals surface area contributed by atoms with Crippen LogP contribution in [-0.4, -0.2) is 32.7 Å². The van der Waals surface area contributed by atoms with E-state index < -0.39 is 15.6 Å². The first-order chi connectivity index (χ1) is 10.1. The topological polar surface area (TPSA) is 96.6 Å². The van der Waals surface area contributed by atoms with Crippen molar-refractivity contribution in [1.29, 1.82) is 0 Å². The number of aryl methyl sites for hydroxylation is 2. The number of benzene rings is 1. The molecule has 1 aliphatic rings. The second-order valence-corrected chi connectivity index (χ2v) is 8.17. The third-order valence-corrected chi connectivity index (χ3v) is 4.40. The number of guanidine groups is 1. The summed E-state index contributed by atoms with van der Waals surface area (Å²) in [5.41, 5.74) is 8.87. The Morgan fingerprint density at radius 3 is 2.68 bits per heavy atom. The highest BCUT2D eigenvalue weighted by molar-refractivity contribution is 7.88. The SMILES string of the molecule is CC(C)(CN=C(N)Nc1ccc2c(c1)CCC2)NS(C)(=O)=O. The highest BCUT2D eigenvalue weighted by atomic mass is 32.2. The molecule has 0 spiro atoms. The average molecular weight is 324 g/mol. The first-order valence-corrected chi connectivity index (χ1v) is 9.21. The number of rotatable bonds is 5. The maximum Gasteiger partial charge on any atom is 0.209 e. The van der Waals surface area contributed by atoms with Crippen molar-refractivity contribution in [2.75, 3.05) is 18.1 Å². The standard InChI is InChI=1S/C15H24N4O2S/c1-15(2,19-22(3,20)21)10-17-14(16)18-13-8-7-11-5-4-6-12(11)9-13/h7-9,19H,4-6,10H2,1-3H3,(H3,16,17,18). The van der Waals surface area contributed by atoms with Crippen molar-refractivity contribution in [3.8, 4) is 0 Å². The minimum atomic E-state index is -3.28. The van der Waals surface area contributed by atoms with Crippen LogP contribution in [-0.2, 0) is 22.9 Å². The summed E-state index contributed by atoms with van der Waals surface area (Å²) in [4.78, 5) is 4.23. The van der Waals surface area contributed by atoms with E-state index in [1.54, 1.807) is 13.8 Å². The molecule has 4 N–H and O–H groups in total. The molecular formula is C15H24N4O2S. The quantitative estimate of drug-likeness (QED) is 0.560. The van der Waals surface area contributed by atoms with Crippen LogP contribution < -0.4 is 15.8 Å². The number of anilines is 1. The Morgan fingerprint density at radius 1 is 1.32 bits per heavy atom. The number of aliphatic imine (C=N–C) groups is 1. The van der Waals surface area contributed by atoms with Crippen molar-refractivity contribution in [1.82, 2.24) is 4.72 Å². The molecule has 0 fully saturated rings. The van der Waals surface area contributed by atoms with Crippen molar-refractivity contribution in [2.24, 2.45) is 10.7 Å². The van der Waals surface area contributed by atoms with Crippen LogP contribution in [0.25, 0.3) is 0 Å². The van der Waals surface area contributed by atoms with Crippen molar-refractivity contribution in [3.05, 3.63) is 29.3 Å². The van der Waals surface area contributed by atoms with Gasteiger partial charge in [-0.2, -0.15) is 0 Å². The molecule has 0 aromatic heterocycles. The zero-order valence-corrected chi connectivity index (χ0v) is 14.1. The Morgan fingerprint density at radius 2 is 2.00 bits per heavy atom. The van der Waals surface area contributed by atoms with E-state index in [0.717, 1.165) is 24.8 Å². The molecule has 2 rings (SSSR count). The molecule has 0 radical (unpaired) electrons. The van der Waals surface area contributed by atoms with Crippen molar-refractivity contribution >= 4 is 21.7 Å². The molecule has 7 heteroatoms. The molecular weight excluding hydrogens is 300 g/mol. The van der Waals surface area contributed by atoms with Gasteiger partial charge in [0.2, 0.25) is 10.0 Å². The van der Waals surface area contributed by atoms with Gasteiger partial charge in [-0.05, 0) is 56.4 Å². The Balaban J connectivity index is 1.98. The monoisotopic (exact) mass is 324 g/mol. The van der Waals surface area contributed by atoms with Gasteiger partial charge in [0.1, 0.15) is 0 Å². The number of sulfonamides is 1. The number of nitrogens with one attached hydrogen (secondary N) is 2. The number of hydrogen-bond acceptors (Lipinski definition) is 3. The van der Waals surface area contributed by atoms with E-state index in [0.29, 0.717) is 0 Å². The van der Waals surface area contributed by atoms with E-state index in [-0.39, 0.29) is 12.5 Å². The normalized spacial score (nSPS) is 15.7. The molecule has 0 bridgehead atoms. The van der Waals surface area contributed by atoms with Gasteiger partial charge in [0.15, 0.2) is 5.96 Å². The maximum atomic E-state index is 11.3. The van der Waals surface area contributed by atoms with Crippen molar-refractivity contribution in [3.63, 3.8) is 0 Å². The summed E-state index contributed by atoms with van der Waals surface area (Å²) in [6, 6.07) is 6.21. The Bertz CT molecular complexity index is 681. The van der Waals surface area contributed by atoms with E-state index in [2.05, 4.69) is 27.2 Å². The van der Waals surface area contributed by atoms with Crippen molar-refractivity contribution < 1.29 is 8.42 Å². The molecule has 0 atom stereocenters. The van der Waals surface area contributed by atoms with Crippen LogP contribution in [0, 0.1) is 0 Å². The van der Waals surface area contributed by atoms with E-state index in [4.69, 9.17) is 5.73 Å². The largest absolute Gasteiger partial charge is 0.370 e. The van der Waals surface area contributed by atoms with Gasteiger partial charge in [-0.1, -0.05) is 6.07 Å². The maximum absolute atomic E-state index is 11.3. The smallest absolute Gasteiger partial charge is 0.209 e. The van der Waals surface area contributed by atoms with Crippen LogP contribution in [0.3, 0.4) is 0 Å². The van der Waals surface area contributed by atoms with Crippen molar-refractivity contribution in [2.45, 2.75) is 38.6 Å². The van der Waals surface area contributed by atoms with E-state index in [1.807, 2.05) is 6.07 Å². The van der Waals surface area contributed by atoms with Crippen LogP contribution in [0.2, 0.25) is 0 Å². The lowest BCUT2D eigenvalue weighted by molar-refractivity contribution is 0.466. The fourth-order valence-corrected chi connectivity index (χ4v) is 3.72. The summed E-state index contributed by atoms with van der Waals surface area (Å²) in [5, 5.41) is 3.06. The highest BCUT2D eigenvalue weighted by Gasteiger charge is 2.21. The molecule has 1 aromatic rings. The predicted molar refractivity (Wildman–Crippen MR) is 90.6 cm³/mol. The minimum absolute atomic E-state index is 0.254. The molecule has 0 aliphatic heterocycles. The third-order valence-electron chi connectivity index (χ3n) is 3.48. The lowest BCUT2D eigenvalue weighted by Crippen LogP contribution is -2.45. The molecule has 0 unspecified atom stereocenters. The van der Waals surface area contributed by atoms with Gasteiger partial charge in [0.25, 0.3) is 0 Å². The van der Waals surface area contributed by atoms with E-state index in [1.165, 1.54) is 17.5 Å². The molecule has 0 saturated carbocycles. The summed E-state index contributed by atoms with van der Waals surface area (Å²) in [6.45, 7) is 3.78. The van der Waals surface area contributed by atoms with Gasteiger partial charge in [-0.3, -0.25) is 4.99 Å². The summed E-state index contributed by atoms with van der Waals surface area (Å²) < 4.78 is 25.1.